The van der Waals surface area contributed by atoms with Crippen LogP contribution in [-0.2, 0) is 0 Å². The second kappa shape index (κ2) is 5.13. The van der Waals surface area contributed by atoms with Crippen molar-refractivity contribution in [2.24, 2.45) is 11.8 Å². The van der Waals surface area contributed by atoms with Crippen LogP contribution in [0.15, 0.2) is 18.2 Å². The fourth-order valence-corrected chi connectivity index (χ4v) is 3.60. The highest BCUT2D eigenvalue weighted by atomic mass is 19.1. The van der Waals surface area contributed by atoms with E-state index in [9.17, 15) is 13.6 Å². The van der Waals surface area contributed by atoms with Crippen molar-refractivity contribution in [3.63, 3.8) is 0 Å². The van der Waals surface area contributed by atoms with Crippen LogP contribution in [0.5, 0.6) is 0 Å². The molecule has 3 atom stereocenters. The van der Waals surface area contributed by atoms with Crippen LogP contribution in [0.4, 0.5) is 8.78 Å². The third-order valence-corrected chi connectivity index (χ3v) is 4.56. The summed E-state index contributed by atoms with van der Waals surface area (Å²) < 4.78 is 27.0. The Hall–Kier alpha value is -1.49. The lowest BCUT2D eigenvalue weighted by Crippen LogP contribution is -2.40. The fourth-order valence-electron chi connectivity index (χ4n) is 3.60. The van der Waals surface area contributed by atoms with Gasteiger partial charge in [-0.1, -0.05) is 6.92 Å². The molecule has 2 saturated heterocycles. The first-order valence-electron chi connectivity index (χ1n) is 7.08. The third-order valence-electron chi connectivity index (χ3n) is 4.56. The van der Waals surface area contributed by atoms with Crippen LogP contribution in [0.3, 0.4) is 0 Å². The van der Waals surface area contributed by atoms with Gasteiger partial charge in [-0.2, -0.15) is 0 Å². The van der Waals surface area contributed by atoms with Crippen molar-refractivity contribution in [1.29, 1.82) is 0 Å². The number of carbonyl (C=O) groups is 1. The molecule has 3 rings (SSSR count). The minimum absolute atomic E-state index is 0.116. The Kier molecular flexibility index (Phi) is 3.46. The van der Waals surface area contributed by atoms with Gasteiger partial charge in [-0.25, -0.2) is 8.78 Å². The summed E-state index contributed by atoms with van der Waals surface area (Å²) in [6.07, 6.45) is 0.839. The number of likely N-dealkylation sites (tertiary alicyclic amines) is 1. The van der Waals surface area contributed by atoms with Crippen molar-refractivity contribution in [3.8, 4) is 0 Å². The molecular weight excluding hydrogens is 262 g/mol. The average Bonchev–Trinajstić information content (AvgIpc) is 3.00. The lowest BCUT2D eigenvalue weighted by Gasteiger charge is -2.27. The quantitative estimate of drug-likeness (QED) is 0.899. The summed E-state index contributed by atoms with van der Waals surface area (Å²) in [5, 5.41) is 3.34. The molecule has 2 aliphatic heterocycles. The van der Waals surface area contributed by atoms with Crippen molar-refractivity contribution in [2.75, 3.05) is 19.6 Å². The van der Waals surface area contributed by atoms with E-state index in [1.807, 2.05) is 6.92 Å². The maximum Gasteiger partial charge on any atom is 0.257 e. The molecule has 2 fully saturated rings. The third kappa shape index (κ3) is 2.10. The summed E-state index contributed by atoms with van der Waals surface area (Å²) in [6.45, 7) is 4.47. The Balaban J connectivity index is 1.88. The van der Waals surface area contributed by atoms with Gasteiger partial charge in [-0.05, 0) is 36.5 Å². The lowest BCUT2D eigenvalue weighted by atomic mass is 9.93. The molecule has 1 amide bonds. The summed E-state index contributed by atoms with van der Waals surface area (Å²) in [4.78, 5) is 14.2. The van der Waals surface area contributed by atoms with E-state index in [2.05, 4.69) is 5.32 Å². The average molecular weight is 280 g/mol. The maximum atomic E-state index is 13.8. The van der Waals surface area contributed by atoms with Gasteiger partial charge in [-0.3, -0.25) is 4.79 Å². The summed E-state index contributed by atoms with van der Waals surface area (Å²) in [6, 6.07) is 3.16. The number of carbonyl (C=O) groups excluding carboxylic acids is 1. The molecule has 1 aromatic rings. The van der Waals surface area contributed by atoms with Gasteiger partial charge in [0.2, 0.25) is 0 Å². The van der Waals surface area contributed by atoms with E-state index in [-0.39, 0.29) is 17.5 Å². The lowest BCUT2D eigenvalue weighted by molar-refractivity contribution is 0.0706. The molecule has 0 radical (unpaired) electrons. The Bertz CT molecular complexity index is 535. The summed E-state index contributed by atoms with van der Waals surface area (Å²) in [5.74, 6) is -0.755. The zero-order valence-corrected chi connectivity index (χ0v) is 11.4. The van der Waals surface area contributed by atoms with Gasteiger partial charge in [0.05, 0.1) is 5.56 Å². The molecule has 20 heavy (non-hydrogen) atoms. The molecule has 108 valence electrons. The second-order valence-corrected chi connectivity index (χ2v) is 5.64. The highest BCUT2D eigenvalue weighted by molar-refractivity contribution is 5.95. The maximum absolute atomic E-state index is 13.8. The molecule has 2 aliphatic rings. The standard InChI is InChI=1S/C15H18F2N2O/c1-2-14-12-7-18-6-9(12)8-19(14)15(20)11-5-10(16)3-4-13(11)17/h3-5,9,12,14,18H,2,6-8H2,1H3. The SMILES string of the molecule is CCC1C2CNCC2CN1C(=O)c1cc(F)ccc1F. The minimum Gasteiger partial charge on any atom is -0.335 e. The summed E-state index contributed by atoms with van der Waals surface area (Å²) in [7, 11) is 0. The van der Waals surface area contributed by atoms with Crippen LogP contribution in [0, 0.1) is 23.5 Å². The molecule has 0 spiro atoms. The number of benzene rings is 1. The second-order valence-electron chi connectivity index (χ2n) is 5.64. The van der Waals surface area contributed by atoms with E-state index < -0.39 is 11.6 Å². The number of nitrogens with one attached hydrogen (secondary N) is 1. The highest BCUT2D eigenvalue weighted by Gasteiger charge is 2.45. The fraction of sp³-hybridized carbons (Fsp3) is 0.533. The predicted octanol–water partition coefficient (Wildman–Crippen LogP) is 2.03. The van der Waals surface area contributed by atoms with Gasteiger partial charge in [0.15, 0.2) is 0 Å². The molecule has 3 nitrogen and oxygen atoms in total. The molecule has 1 N–H and O–H groups in total. The molecule has 0 aromatic heterocycles. The van der Waals surface area contributed by atoms with Gasteiger partial charge in [0.25, 0.3) is 5.91 Å². The predicted molar refractivity (Wildman–Crippen MR) is 71.3 cm³/mol. The molecule has 5 heteroatoms. The summed E-state index contributed by atoms with van der Waals surface area (Å²) >= 11 is 0. The van der Waals surface area contributed by atoms with E-state index >= 15 is 0 Å². The van der Waals surface area contributed by atoms with Crippen molar-refractivity contribution in [2.45, 2.75) is 19.4 Å². The van der Waals surface area contributed by atoms with E-state index in [0.29, 0.717) is 18.4 Å². The van der Waals surface area contributed by atoms with Crippen LogP contribution in [0.2, 0.25) is 0 Å². The van der Waals surface area contributed by atoms with Gasteiger partial charge in [0, 0.05) is 25.7 Å². The Morgan fingerprint density at radius 3 is 2.95 bits per heavy atom. The zero-order chi connectivity index (χ0) is 14.3. The minimum atomic E-state index is -0.651. The topological polar surface area (TPSA) is 32.3 Å². The Morgan fingerprint density at radius 1 is 1.40 bits per heavy atom. The number of nitrogens with zero attached hydrogens (tertiary/aromatic N) is 1. The van der Waals surface area contributed by atoms with E-state index in [0.717, 1.165) is 37.7 Å². The van der Waals surface area contributed by atoms with Crippen molar-refractivity contribution in [3.05, 3.63) is 35.4 Å². The van der Waals surface area contributed by atoms with E-state index in [1.54, 1.807) is 4.90 Å². The first kappa shape index (κ1) is 13.5. The molecule has 0 saturated carbocycles. The van der Waals surface area contributed by atoms with Crippen molar-refractivity contribution < 1.29 is 13.6 Å². The zero-order valence-electron chi connectivity index (χ0n) is 11.4. The van der Waals surface area contributed by atoms with Crippen LogP contribution in [0.25, 0.3) is 0 Å². The van der Waals surface area contributed by atoms with Crippen LogP contribution in [0.1, 0.15) is 23.7 Å². The van der Waals surface area contributed by atoms with Crippen molar-refractivity contribution >= 4 is 5.91 Å². The van der Waals surface area contributed by atoms with Gasteiger partial charge < -0.3 is 10.2 Å². The van der Waals surface area contributed by atoms with E-state index in [1.165, 1.54) is 0 Å². The smallest absolute Gasteiger partial charge is 0.257 e. The van der Waals surface area contributed by atoms with Crippen LogP contribution in [-0.4, -0.2) is 36.5 Å². The molecule has 2 heterocycles. The highest BCUT2D eigenvalue weighted by Crippen LogP contribution is 2.35. The first-order chi connectivity index (χ1) is 9.61. The molecule has 0 bridgehead atoms. The van der Waals surface area contributed by atoms with Gasteiger partial charge in [0.1, 0.15) is 11.6 Å². The molecule has 0 aliphatic carbocycles. The number of hydrogen-bond donors (Lipinski definition) is 1. The first-order valence-corrected chi connectivity index (χ1v) is 7.08. The summed E-state index contributed by atoms with van der Waals surface area (Å²) in [5.41, 5.74) is -0.156. The largest absolute Gasteiger partial charge is 0.335 e. The molecular formula is C15H18F2N2O. The molecule has 1 aromatic carbocycles. The van der Waals surface area contributed by atoms with E-state index in [4.69, 9.17) is 0 Å². The van der Waals surface area contributed by atoms with Crippen LogP contribution >= 0.6 is 0 Å². The van der Waals surface area contributed by atoms with Gasteiger partial charge >= 0.3 is 0 Å². The number of rotatable bonds is 2. The van der Waals surface area contributed by atoms with Crippen LogP contribution < -0.4 is 5.32 Å². The number of hydrogen-bond acceptors (Lipinski definition) is 2. The van der Waals surface area contributed by atoms with Gasteiger partial charge in [-0.15, -0.1) is 0 Å². The Labute approximate surface area is 117 Å². The Morgan fingerprint density at radius 2 is 2.20 bits per heavy atom. The number of amides is 1. The normalized spacial score (nSPS) is 28.8. The molecule has 3 unspecified atom stereocenters. The number of halogens is 2. The monoisotopic (exact) mass is 280 g/mol. The van der Waals surface area contributed by atoms with Crippen molar-refractivity contribution in [1.82, 2.24) is 10.2 Å². The number of fused-ring (bicyclic) bond motifs is 1.